The quantitative estimate of drug-likeness (QED) is 0.587. The van der Waals surface area contributed by atoms with Gasteiger partial charge in [0.25, 0.3) is 5.91 Å². The van der Waals surface area contributed by atoms with Crippen LogP contribution < -0.4 is 10.6 Å². The van der Waals surface area contributed by atoms with E-state index in [0.717, 1.165) is 21.8 Å². The van der Waals surface area contributed by atoms with Crippen molar-refractivity contribution in [1.82, 2.24) is 25.1 Å². The normalized spacial score (nSPS) is 16.4. The molecule has 1 fully saturated rings. The summed E-state index contributed by atoms with van der Waals surface area (Å²) < 4.78 is 7.17. The summed E-state index contributed by atoms with van der Waals surface area (Å²) in [4.78, 5) is 42.3. The van der Waals surface area contributed by atoms with Crippen molar-refractivity contribution in [2.75, 3.05) is 6.54 Å². The maximum absolute atomic E-state index is 12.4. The van der Waals surface area contributed by atoms with Crippen molar-refractivity contribution in [3.05, 3.63) is 54.2 Å². The van der Waals surface area contributed by atoms with Gasteiger partial charge in [0.15, 0.2) is 0 Å². The number of nitrogens with one attached hydrogen (secondary N) is 2. The summed E-state index contributed by atoms with van der Waals surface area (Å²) in [5.41, 5.74) is 1.94. The van der Waals surface area contributed by atoms with Crippen molar-refractivity contribution >= 4 is 28.9 Å². The summed E-state index contributed by atoms with van der Waals surface area (Å²) in [5.74, 6) is 0.626. The smallest absolute Gasteiger partial charge is 0.325 e. The van der Waals surface area contributed by atoms with E-state index in [1.807, 2.05) is 35.9 Å². The monoisotopic (exact) mass is 395 g/mol. The summed E-state index contributed by atoms with van der Waals surface area (Å²) in [6.45, 7) is 0.434. The average molecular weight is 395 g/mol. The summed E-state index contributed by atoms with van der Waals surface area (Å²) in [6, 6.07) is 9.80. The molecule has 2 aromatic heterocycles. The number of carbonyl (C=O) groups excluding carboxylic acids is 3. The fourth-order valence-corrected chi connectivity index (χ4v) is 3.41. The minimum atomic E-state index is -0.867. The van der Waals surface area contributed by atoms with Gasteiger partial charge in [-0.2, -0.15) is 0 Å². The lowest BCUT2D eigenvalue weighted by atomic mass is 10.2. The summed E-state index contributed by atoms with van der Waals surface area (Å²) >= 11 is 0. The average Bonchev–Trinajstić information content (AvgIpc) is 3.39. The number of benzene rings is 1. The van der Waals surface area contributed by atoms with Gasteiger partial charge in [-0.3, -0.25) is 14.5 Å². The first-order valence-electron chi connectivity index (χ1n) is 9.34. The number of amides is 4. The number of imide groups is 1. The second-order valence-electron chi connectivity index (χ2n) is 6.89. The zero-order valence-corrected chi connectivity index (χ0v) is 15.9. The Balaban J connectivity index is 1.29. The number of urea groups is 1. The number of para-hydroxylation sites is 2. The number of aryl methyl sites for hydroxylation is 1. The fraction of sp³-hybridized carbons (Fsp3) is 0.300. The number of furan rings is 1. The van der Waals surface area contributed by atoms with Crippen LogP contribution in [0, 0.1) is 0 Å². The Hall–Kier alpha value is -3.62. The van der Waals surface area contributed by atoms with E-state index in [1.165, 1.54) is 6.26 Å². The van der Waals surface area contributed by atoms with Gasteiger partial charge < -0.3 is 19.6 Å². The van der Waals surface area contributed by atoms with Crippen molar-refractivity contribution in [2.45, 2.75) is 25.4 Å². The minimum Gasteiger partial charge on any atom is -0.467 e. The van der Waals surface area contributed by atoms with Gasteiger partial charge in [0.2, 0.25) is 5.91 Å². The second kappa shape index (κ2) is 7.78. The van der Waals surface area contributed by atoms with Crippen molar-refractivity contribution in [1.29, 1.82) is 0 Å². The van der Waals surface area contributed by atoms with Crippen LogP contribution in [0.4, 0.5) is 4.79 Å². The Morgan fingerprint density at radius 1 is 1.24 bits per heavy atom. The highest BCUT2D eigenvalue weighted by Gasteiger charge is 2.39. The number of hydrogen-bond donors (Lipinski definition) is 2. The molecule has 150 valence electrons. The maximum atomic E-state index is 12.4. The molecule has 1 aliphatic rings. The van der Waals surface area contributed by atoms with Crippen LogP contribution in [-0.4, -0.2) is 44.9 Å². The third kappa shape index (κ3) is 3.84. The predicted molar refractivity (Wildman–Crippen MR) is 104 cm³/mol. The van der Waals surface area contributed by atoms with Crippen molar-refractivity contribution in [3.63, 3.8) is 0 Å². The van der Waals surface area contributed by atoms with Crippen molar-refractivity contribution in [3.8, 4) is 0 Å². The first-order valence-corrected chi connectivity index (χ1v) is 9.34. The van der Waals surface area contributed by atoms with Crippen LogP contribution in [-0.2, 0) is 29.6 Å². The van der Waals surface area contributed by atoms with Crippen LogP contribution in [0.5, 0.6) is 0 Å². The molecule has 0 radical (unpaired) electrons. The van der Waals surface area contributed by atoms with E-state index in [-0.39, 0.29) is 18.9 Å². The molecule has 29 heavy (non-hydrogen) atoms. The molecule has 2 N–H and O–H groups in total. The summed E-state index contributed by atoms with van der Waals surface area (Å²) in [6.07, 6.45) is 1.93. The predicted octanol–water partition coefficient (Wildman–Crippen LogP) is 1.34. The molecule has 1 unspecified atom stereocenters. The molecule has 9 heteroatoms. The number of aromatic nitrogens is 2. The Morgan fingerprint density at radius 3 is 2.83 bits per heavy atom. The van der Waals surface area contributed by atoms with E-state index in [9.17, 15) is 14.4 Å². The number of fused-ring (bicyclic) bond motifs is 1. The van der Waals surface area contributed by atoms with Gasteiger partial charge in [0, 0.05) is 20.0 Å². The van der Waals surface area contributed by atoms with E-state index in [0.29, 0.717) is 18.7 Å². The Morgan fingerprint density at radius 2 is 2.07 bits per heavy atom. The molecular formula is C20H21N5O4. The van der Waals surface area contributed by atoms with E-state index < -0.39 is 18.0 Å². The van der Waals surface area contributed by atoms with Crippen LogP contribution in [0.25, 0.3) is 11.0 Å². The second-order valence-corrected chi connectivity index (χ2v) is 6.89. The van der Waals surface area contributed by atoms with Crippen LogP contribution in [0.1, 0.15) is 18.0 Å². The lowest BCUT2D eigenvalue weighted by Crippen LogP contribution is -2.37. The van der Waals surface area contributed by atoms with Gasteiger partial charge in [-0.15, -0.1) is 0 Å². The molecule has 1 aromatic carbocycles. The molecule has 0 bridgehead atoms. The molecule has 1 saturated heterocycles. The number of imidazole rings is 1. The lowest BCUT2D eigenvalue weighted by Gasteiger charge is -2.11. The molecule has 0 aliphatic carbocycles. The van der Waals surface area contributed by atoms with Crippen LogP contribution in [0.2, 0.25) is 0 Å². The number of nitrogens with zero attached hydrogens (tertiary/aromatic N) is 3. The third-order valence-corrected chi connectivity index (χ3v) is 4.94. The van der Waals surface area contributed by atoms with E-state index >= 15 is 0 Å². The van der Waals surface area contributed by atoms with Gasteiger partial charge in [-0.1, -0.05) is 12.1 Å². The molecular weight excluding hydrogens is 374 g/mol. The number of rotatable bonds is 7. The molecule has 9 nitrogen and oxygen atoms in total. The molecule has 0 saturated carbocycles. The molecule has 4 rings (SSSR count). The fourth-order valence-electron chi connectivity index (χ4n) is 3.41. The number of carbonyl (C=O) groups is 3. The standard InChI is InChI=1S/C20H21N5O4/c1-24-16-7-3-2-6-14(16)22-17(24)8-9-21-18(26)11-15-19(27)25(20(28)23-15)12-13-5-4-10-29-13/h2-7,10,15H,8-9,11-12H2,1H3,(H,21,26)(H,23,28). The molecule has 1 atom stereocenters. The number of hydrogen-bond acceptors (Lipinski definition) is 5. The van der Waals surface area contributed by atoms with Gasteiger partial charge in [-0.25, -0.2) is 9.78 Å². The van der Waals surface area contributed by atoms with Crippen molar-refractivity contribution < 1.29 is 18.8 Å². The first kappa shape index (κ1) is 18.7. The highest BCUT2D eigenvalue weighted by Crippen LogP contribution is 2.15. The lowest BCUT2D eigenvalue weighted by molar-refractivity contribution is -0.131. The topological polar surface area (TPSA) is 109 Å². The van der Waals surface area contributed by atoms with Gasteiger partial charge >= 0.3 is 6.03 Å². The van der Waals surface area contributed by atoms with Gasteiger partial charge in [0.1, 0.15) is 17.6 Å². The molecule has 3 aromatic rings. The highest BCUT2D eigenvalue weighted by atomic mass is 16.3. The molecule has 1 aliphatic heterocycles. The van der Waals surface area contributed by atoms with E-state index in [4.69, 9.17) is 4.42 Å². The SMILES string of the molecule is Cn1c(CCNC(=O)CC2NC(=O)N(Cc3ccco3)C2=O)nc2ccccc21. The Kier molecular flexibility index (Phi) is 5.03. The zero-order chi connectivity index (χ0) is 20.4. The van der Waals surface area contributed by atoms with Crippen LogP contribution in [0.3, 0.4) is 0 Å². The van der Waals surface area contributed by atoms with Gasteiger partial charge in [-0.05, 0) is 24.3 Å². The summed E-state index contributed by atoms with van der Waals surface area (Å²) in [5, 5.41) is 5.34. The highest BCUT2D eigenvalue weighted by molar-refractivity contribution is 6.05. The zero-order valence-electron chi connectivity index (χ0n) is 15.9. The van der Waals surface area contributed by atoms with E-state index in [1.54, 1.807) is 12.1 Å². The van der Waals surface area contributed by atoms with Crippen LogP contribution >= 0.6 is 0 Å². The molecule has 4 amide bonds. The van der Waals surface area contributed by atoms with Crippen molar-refractivity contribution in [2.24, 2.45) is 7.05 Å². The molecule has 3 heterocycles. The largest absolute Gasteiger partial charge is 0.467 e. The minimum absolute atomic E-state index is 0.0442. The first-order chi connectivity index (χ1) is 14.0. The van der Waals surface area contributed by atoms with Gasteiger partial charge in [0.05, 0.1) is 30.3 Å². The third-order valence-electron chi connectivity index (χ3n) is 4.94. The maximum Gasteiger partial charge on any atom is 0.325 e. The Bertz CT molecular complexity index is 1060. The van der Waals surface area contributed by atoms with Crippen LogP contribution in [0.15, 0.2) is 47.1 Å². The summed E-state index contributed by atoms with van der Waals surface area (Å²) in [7, 11) is 1.94. The Labute approximate surface area is 166 Å². The molecule has 0 spiro atoms. The van der Waals surface area contributed by atoms with E-state index in [2.05, 4.69) is 15.6 Å².